The van der Waals surface area contributed by atoms with Crippen molar-refractivity contribution in [1.29, 1.82) is 0 Å². The van der Waals surface area contributed by atoms with Gasteiger partial charge in [0.2, 0.25) is 0 Å². The number of nitrogens with two attached hydrogens (primary N) is 1. The zero-order valence-electron chi connectivity index (χ0n) is 7.97. The Hall–Kier alpha value is -0.980. The zero-order valence-corrected chi connectivity index (χ0v) is 9.55. The maximum Gasteiger partial charge on any atom is 0.161 e. The quantitative estimate of drug-likeness (QED) is 0.868. The molecule has 0 amide bonds. The van der Waals surface area contributed by atoms with Crippen molar-refractivity contribution in [1.82, 2.24) is 14.4 Å². The summed E-state index contributed by atoms with van der Waals surface area (Å²) in [5, 5.41) is 8.83. The molecule has 0 aliphatic carbocycles. The number of halogens is 1. The average Bonchev–Trinajstić information content (AvgIpc) is 2.61. The predicted octanol–water partition coefficient (Wildman–Crippen LogP) is 0.874. The van der Waals surface area contributed by atoms with Gasteiger partial charge in [0.15, 0.2) is 5.65 Å². The smallest absolute Gasteiger partial charge is 0.161 e. The van der Waals surface area contributed by atoms with Crippen molar-refractivity contribution in [3.63, 3.8) is 0 Å². The number of hydrogen-bond acceptors (Lipinski definition) is 4. The minimum absolute atomic E-state index is 0.0474. The van der Waals surface area contributed by atoms with E-state index in [1.54, 1.807) is 12.4 Å². The lowest BCUT2D eigenvalue weighted by molar-refractivity contribution is 0.276. The molecule has 0 saturated carbocycles. The Labute approximate surface area is 95.1 Å². The molecule has 0 radical (unpaired) electrons. The molecule has 0 fully saturated rings. The van der Waals surface area contributed by atoms with Crippen molar-refractivity contribution in [2.24, 2.45) is 5.73 Å². The van der Waals surface area contributed by atoms with Crippen LogP contribution < -0.4 is 5.73 Å². The second kappa shape index (κ2) is 4.26. The van der Waals surface area contributed by atoms with E-state index >= 15 is 0 Å². The minimum Gasteiger partial charge on any atom is -0.396 e. The molecule has 80 valence electrons. The largest absolute Gasteiger partial charge is 0.396 e. The number of aromatic nitrogens is 3. The van der Waals surface area contributed by atoms with Crippen molar-refractivity contribution >= 4 is 21.6 Å². The zero-order chi connectivity index (χ0) is 10.8. The Morgan fingerprint density at radius 1 is 1.53 bits per heavy atom. The van der Waals surface area contributed by atoms with Crippen molar-refractivity contribution in [3.05, 3.63) is 28.9 Å². The Morgan fingerprint density at radius 2 is 2.33 bits per heavy atom. The van der Waals surface area contributed by atoms with Crippen LogP contribution in [0.2, 0.25) is 0 Å². The summed E-state index contributed by atoms with van der Waals surface area (Å²) >= 11 is 3.37. The highest BCUT2D eigenvalue weighted by atomic mass is 79.9. The van der Waals surface area contributed by atoms with E-state index in [1.807, 2.05) is 10.6 Å². The number of fused-ring (bicyclic) bond motifs is 1. The van der Waals surface area contributed by atoms with E-state index < -0.39 is 0 Å². The van der Waals surface area contributed by atoms with E-state index in [0.717, 1.165) is 10.3 Å². The molecule has 2 aromatic heterocycles. The molecular weight excluding hydrogens is 260 g/mol. The lowest BCUT2D eigenvalue weighted by atomic mass is 10.1. The molecule has 5 nitrogen and oxygen atoms in total. The lowest BCUT2D eigenvalue weighted by Gasteiger charge is -2.09. The van der Waals surface area contributed by atoms with Gasteiger partial charge in [0.25, 0.3) is 0 Å². The predicted molar refractivity (Wildman–Crippen MR) is 59.3 cm³/mol. The molecule has 1 atom stereocenters. The van der Waals surface area contributed by atoms with Crippen LogP contribution in [-0.2, 0) is 0 Å². The first-order valence-electron chi connectivity index (χ1n) is 4.58. The molecular formula is C9H11BrN4O. The Morgan fingerprint density at radius 3 is 3.07 bits per heavy atom. The number of hydrogen-bond donors (Lipinski definition) is 2. The van der Waals surface area contributed by atoms with Gasteiger partial charge in [0.1, 0.15) is 10.3 Å². The van der Waals surface area contributed by atoms with Crippen LogP contribution in [-0.4, -0.2) is 26.1 Å². The molecule has 0 aromatic carbocycles. The summed E-state index contributed by atoms with van der Waals surface area (Å²) in [5.74, 6) is 0. The first-order valence-corrected chi connectivity index (χ1v) is 5.37. The molecule has 0 aliphatic rings. The van der Waals surface area contributed by atoms with Gasteiger partial charge < -0.3 is 10.8 Å². The van der Waals surface area contributed by atoms with E-state index in [9.17, 15) is 0 Å². The summed E-state index contributed by atoms with van der Waals surface area (Å²) < 4.78 is 2.72. The molecule has 1 unspecified atom stereocenters. The third kappa shape index (κ3) is 1.88. The number of aliphatic hydroxyl groups excluding tert-OH is 1. The van der Waals surface area contributed by atoms with Gasteiger partial charge >= 0.3 is 0 Å². The second-order valence-electron chi connectivity index (χ2n) is 3.21. The molecule has 0 saturated heterocycles. The molecule has 2 rings (SSSR count). The Bertz CT molecular complexity index is 470. The number of rotatable bonds is 3. The summed E-state index contributed by atoms with van der Waals surface area (Å²) in [7, 11) is 0. The van der Waals surface area contributed by atoms with Gasteiger partial charge in [-0.1, -0.05) is 0 Å². The Balaban J connectivity index is 2.51. The molecule has 2 heterocycles. The van der Waals surface area contributed by atoms with Crippen LogP contribution in [0.25, 0.3) is 5.65 Å². The van der Waals surface area contributed by atoms with Crippen LogP contribution in [0.5, 0.6) is 0 Å². The van der Waals surface area contributed by atoms with E-state index in [-0.39, 0.29) is 12.6 Å². The highest BCUT2D eigenvalue weighted by Crippen LogP contribution is 2.19. The first-order chi connectivity index (χ1) is 7.24. The molecule has 0 bridgehead atoms. The molecule has 15 heavy (non-hydrogen) atoms. The van der Waals surface area contributed by atoms with E-state index in [0.29, 0.717) is 12.1 Å². The topological polar surface area (TPSA) is 76.4 Å². The van der Waals surface area contributed by atoms with Crippen LogP contribution in [0.4, 0.5) is 0 Å². The second-order valence-corrected chi connectivity index (χ2v) is 4.02. The normalized spacial score (nSPS) is 13.3. The van der Waals surface area contributed by atoms with Crippen LogP contribution in [0, 0.1) is 0 Å². The van der Waals surface area contributed by atoms with Gasteiger partial charge in [0.05, 0.1) is 12.2 Å². The summed E-state index contributed by atoms with van der Waals surface area (Å²) in [6.07, 6.45) is 5.66. The van der Waals surface area contributed by atoms with Crippen LogP contribution in [0.3, 0.4) is 0 Å². The van der Waals surface area contributed by atoms with Crippen LogP contribution in [0.15, 0.2) is 23.2 Å². The number of nitrogens with zero attached hydrogens (tertiary/aromatic N) is 3. The molecule has 3 N–H and O–H groups in total. The lowest BCUT2D eigenvalue weighted by Crippen LogP contribution is -2.15. The molecule has 6 heteroatoms. The summed E-state index contributed by atoms with van der Waals surface area (Å²) in [6, 6.07) is -0.284. The third-order valence-electron chi connectivity index (χ3n) is 2.20. The maximum absolute atomic E-state index is 8.83. The van der Waals surface area contributed by atoms with Gasteiger partial charge in [0, 0.05) is 19.0 Å². The van der Waals surface area contributed by atoms with Crippen LogP contribution in [0.1, 0.15) is 18.2 Å². The van der Waals surface area contributed by atoms with Crippen LogP contribution >= 0.6 is 15.9 Å². The standard InChI is InChI=1S/C9H11BrN4O/c10-7-5-13-9-8(6(11)1-4-15)12-2-3-14(7)9/h2-3,5-6,15H,1,4,11H2. The summed E-state index contributed by atoms with van der Waals surface area (Å²) in [6.45, 7) is 0.0474. The van der Waals surface area contributed by atoms with E-state index in [4.69, 9.17) is 10.8 Å². The Kier molecular flexibility index (Phi) is 2.99. The van der Waals surface area contributed by atoms with Gasteiger partial charge in [-0.2, -0.15) is 0 Å². The van der Waals surface area contributed by atoms with Crippen molar-refractivity contribution in [2.45, 2.75) is 12.5 Å². The van der Waals surface area contributed by atoms with E-state index in [2.05, 4.69) is 25.9 Å². The summed E-state index contributed by atoms with van der Waals surface area (Å²) in [5.41, 5.74) is 7.32. The maximum atomic E-state index is 8.83. The molecule has 0 aliphatic heterocycles. The van der Waals surface area contributed by atoms with Crippen molar-refractivity contribution in [2.75, 3.05) is 6.61 Å². The van der Waals surface area contributed by atoms with Crippen molar-refractivity contribution in [3.8, 4) is 0 Å². The monoisotopic (exact) mass is 270 g/mol. The van der Waals surface area contributed by atoms with Gasteiger partial charge in [-0.25, -0.2) is 4.98 Å². The summed E-state index contributed by atoms with van der Waals surface area (Å²) in [4.78, 5) is 8.41. The van der Waals surface area contributed by atoms with Gasteiger partial charge in [-0.15, -0.1) is 0 Å². The molecule has 0 spiro atoms. The first kappa shape index (κ1) is 10.5. The minimum atomic E-state index is -0.284. The van der Waals surface area contributed by atoms with Gasteiger partial charge in [-0.3, -0.25) is 9.38 Å². The van der Waals surface area contributed by atoms with Gasteiger partial charge in [-0.05, 0) is 22.4 Å². The number of aliphatic hydroxyl groups is 1. The number of imidazole rings is 1. The fourth-order valence-electron chi connectivity index (χ4n) is 1.45. The average molecular weight is 271 g/mol. The fourth-order valence-corrected chi connectivity index (χ4v) is 1.84. The highest BCUT2D eigenvalue weighted by molar-refractivity contribution is 9.10. The van der Waals surface area contributed by atoms with Crippen molar-refractivity contribution < 1.29 is 5.11 Å². The van der Waals surface area contributed by atoms with E-state index in [1.165, 1.54) is 0 Å². The fraction of sp³-hybridized carbons (Fsp3) is 0.333. The SMILES string of the molecule is NC(CCO)c1nccn2c(Br)cnc12. The third-order valence-corrected chi connectivity index (χ3v) is 2.79. The highest BCUT2D eigenvalue weighted by Gasteiger charge is 2.13. The molecule has 2 aromatic rings.